The smallest absolute Gasteiger partial charge is 0.406 e. The average Bonchev–Trinajstić information content (AvgIpc) is 4.18. The third-order valence-corrected chi connectivity index (χ3v) is 14.1. The van der Waals surface area contributed by atoms with Crippen molar-refractivity contribution < 1.29 is 67.5 Å². The normalized spacial score (nSPS) is 29.0. The fourth-order valence-electron chi connectivity index (χ4n) is 10.3. The maximum absolute atomic E-state index is 11.4. The summed E-state index contributed by atoms with van der Waals surface area (Å²) in [7, 11) is 3.20. The number of carboxylic acid groups (broad SMARTS) is 1. The van der Waals surface area contributed by atoms with Gasteiger partial charge in [-0.1, -0.05) is 48.6 Å². The van der Waals surface area contributed by atoms with E-state index in [0.29, 0.717) is 131 Å². The highest BCUT2D eigenvalue weighted by atomic mass is 16.6. The molecule has 0 aromatic carbocycles. The number of ether oxygens (including phenoxy) is 9. The molecular formula is C54H88N2O14. The fourth-order valence-corrected chi connectivity index (χ4v) is 10.3. The van der Waals surface area contributed by atoms with Crippen molar-refractivity contribution in [2.24, 2.45) is 70.1 Å². The molecule has 4 aliphatic carbocycles. The zero-order valence-corrected chi connectivity index (χ0v) is 42.3. The van der Waals surface area contributed by atoms with Gasteiger partial charge in [0.1, 0.15) is 25.4 Å². The van der Waals surface area contributed by atoms with Crippen LogP contribution in [0.25, 0.3) is 0 Å². The summed E-state index contributed by atoms with van der Waals surface area (Å²) in [5.41, 5.74) is 0. The second kappa shape index (κ2) is 35.8. The number of hydrogen-bond acceptors (Lipinski definition) is 14. The van der Waals surface area contributed by atoms with Gasteiger partial charge in [0.05, 0.1) is 99.1 Å². The van der Waals surface area contributed by atoms with Crippen molar-refractivity contribution in [2.45, 2.75) is 70.0 Å². The molecule has 16 nitrogen and oxygen atoms in total. The molecule has 1 amide bonds. The standard InChI is InChI=1S/C54H88N2O14/c1-5-40-7-8-41(25-40)9-10-42-27-46(49(30-42)35-65-21-22-67-38-52(32-57)70-37-51(58)36-63-16-15-55-3)14-12-44-28-47(50(31-44)34-64-19-17-62-18-20-68-39-53(59)60)13-11-43-26-45(6-2)48(29-43)33-66-23-24-69-54(61)56-4/h5-6,9-15,40-52,57-58H,1-2,7-8,16-39H2,3-4H3,(H,56,61)(H,59,60)/b10-9-,13-11-,14-12-,55-15?. The van der Waals surface area contributed by atoms with Crippen LogP contribution in [0.2, 0.25) is 0 Å². The second-order valence-corrected chi connectivity index (χ2v) is 19.4. The highest BCUT2D eigenvalue weighted by Gasteiger charge is 2.36. The minimum absolute atomic E-state index is 0.0317. The van der Waals surface area contributed by atoms with Gasteiger partial charge >= 0.3 is 12.1 Å². The van der Waals surface area contributed by atoms with E-state index >= 15 is 0 Å². The lowest BCUT2D eigenvalue weighted by molar-refractivity contribution is -0.142. The maximum atomic E-state index is 11.4. The Kier molecular flexibility index (Phi) is 30.3. The van der Waals surface area contributed by atoms with E-state index in [4.69, 9.17) is 47.7 Å². The first kappa shape index (κ1) is 59.3. The number of hydrogen-bond donors (Lipinski definition) is 4. The van der Waals surface area contributed by atoms with Crippen LogP contribution in [-0.4, -0.2) is 172 Å². The number of aliphatic carboxylic acids is 1. The Balaban J connectivity index is 1.32. The van der Waals surface area contributed by atoms with Crippen LogP contribution in [0, 0.1) is 65.1 Å². The van der Waals surface area contributed by atoms with Crippen molar-refractivity contribution in [1.82, 2.24) is 5.32 Å². The van der Waals surface area contributed by atoms with Gasteiger partial charge in [0.2, 0.25) is 0 Å². The Labute approximate surface area is 418 Å². The van der Waals surface area contributed by atoms with Crippen LogP contribution in [-0.2, 0) is 47.4 Å². The van der Waals surface area contributed by atoms with Crippen LogP contribution in [0.15, 0.2) is 66.8 Å². The van der Waals surface area contributed by atoms with E-state index in [2.05, 4.69) is 72.1 Å². The number of allylic oxidation sites excluding steroid dienone is 8. The summed E-state index contributed by atoms with van der Waals surface area (Å²) in [5, 5.41) is 31.2. The van der Waals surface area contributed by atoms with E-state index in [1.165, 1.54) is 26.3 Å². The van der Waals surface area contributed by atoms with Gasteiger partial charge in [0.15, 0.2) is 0 Å². The molecule has 13 unspecified atom stereocenters. The van der Waals surface area contributed by atoms with Crippen molar-refractivity contribution in [3.05, 3.63) is 61.8 Å². The summed E-state index contributed by atoms with van der Waals surface area (Å²) in [6.45, 7) is 12.9. The van der Waals surface area contributed by atoms with Gasteiger partial charge in [0, 0.05) is 20.3 Å². The highest BCUT2D eigenvalue weighted by Crippen LogP contribution is 2.44. The first-order valence-corrected chi connectivity index (χ1v) is 25.9. The van der Waals surface area contributed by atoms with Crippen LogP contribution >= 0.6 is 0 Å². The number of nitrogens with zero attached hydrogens (tertiary/aromatic N) is 1. The molecular weight excluding hydrogens is 901 g/mol. The van der Waals surface area contributed by atoms with E-state index in [1.807, 2.05) is 0 Å². The molecule has 0 saturated heterocycles. The molecule has 4 aliphatic rings. The molecule has 16 heteroatoms. The van der Waals surface area contributed by atoms with Crippen LogP contribution in [0.1, 0.15) is 57.8 Å². The minimum Gasteiger partial charge on any atom is -0.480 e. The van der Waals surface area contributed by atoms with Crippen molar-refractivity contribution in [1.29, 1.82) is 0 Å². The van der Waals surface area contributed by atoms with E-state index in [1.54, 1.807) is 13.3 Å². The van der Waals surface area contributed by atoms with Gasteiger partial charge in [-0.2, -0.15) is 0 Å². The summed E-state index contributed by atoms with van der Waals surface area (Å²) in [6.07, 6.45) is 28.7. The van der Waals surface area contributed by atoms with Crippen LogP contribution in [0.4, 0.5) is 4.79 Å². The van der Waals surface area contributed by atoms with Crippen molar-refractivity contribution in [3.8, 4) is 0 Å². The molecule has 0 spiro atoms. The summed E-state index contributed by atoms with van der Waals surface area (Å²) < 4.78 is 51.0. The SMILES string of the molecule is C=CC1CCC(/C=C\C2CC(/C=C\C3CC(/C=C\C4CC(C=C)C(COCCOC(=O)NC)C4)C(COCCOCCOCC(=O)O)C3)C(COCCOCC(CO)OCC(O)COCC=NC)C2)C1. The third kappa shape index (κ3) is 24.0. The molecule has 398 valence electrons. The molecule has 70 heavy (non-hydrogen) atoms. The summed E-state index contributed by atoms with van der Waals surface area (Å²) >= 11 is 0. The topological polar surface area (TPSA) is 202 Å². The number of carbonyl (C=O) groups excluding carboxylic acids is 1. The zero-order chi connectivity index (χ0) is 50.2. The number of nitrogens with one attached hydrogen (secondary N) is 1. The quantitative estimate of drug-likeness (QED) is 0.0302. The van der Waals surface area contributed by atoms with Crippen LogP contribution in [0.3, 0.4) is 0 Å². The summed E-state index contributed by atoms with van der Waals surface area (Å²) in [4.78, 5) is 26.0. The minimum atomic E-state index is -0.999. The number of carboxylic acids is 1. The largest absolute Gasteiger partial charge is 0.480 e. The van der Waals surface area contributed by atoms with E-state index in [0.717, 1.165) is 38.5 Å². The molecule has 4 rings (SSSR count). The van der Waals surface area contributed by atoms with Crippen molar-refractivity contribution in [2.75, 3.05) is 126 Å². The van der Waals surface area contributed by atoms with E-state index < -0.39 is 24.3 Å². The van der Waals surface area contributed by atoms with E-state index in [-0.39, 0.29) is 46.2 Å². The lowest BCUT2D eigenvalue weighted by Crippen LogP contribution is -2.31. The first-order valence-electron chi connectivity index (χ1n) is 25.9. The Morgan fingerprint density at radius 3 is 1.70 bits per heavy atom. The molecule has 4 fully saturated rings. The number of aliphatic hydroxyl groups excluding tert-OH is 2. The first-order chi connectivity index (χ1) is 34.1. The average molecular weight is 989 g/mol. The molecule has 13 atom stereocenters. The van der Waals surface area contributed by atoms with Gasteiger partial charge in [0.25, 0.3) is 0 Å². The molecule has 0 aliphatic heterocycles. The number of carbonyl (C=O) groups is 2. The Morgan fingerprint density at radius 2 is 1.14 bits per heavy atom. The zero-order valence-electron chi connectivity index (χ0n) is 42.3. The second-order valence-electron chi connectivity index (χ2n) is 19.4. The Hall–Kier alpha value is -3.29. The summed E-state index contributed by atoms with van der Waals surface area (Å²) in [5.74, 6) is 3.78. The molecule has 0 aromatic heterocycles. The lowest BCUT2D eigenvalue weighted by Gasteiger charge is -2.19. The molecule has 4 saturated carbocycles. The molecule has 0 aromatic rings. The lowest BCUT2D eigenvalue weighted by atomic mass is 9.93. The Bertz CT molecular complexity index is 1580. The highest BCUT2D eigenvalue weighted by molar-refractivity contribution is 5.68. The number of aliphatic hydroxyl groups is 2. The predicted molar refractivity (Wildman–Crippen MR) is 269 cm³/mol. The van der Waals surface area contributed by atoms with E-state index in [9.17, 15) is 19.8 Å². The number of amides is 1. The Morgan fingerprint density at radius 1 is 0.614 bits per heavy atom. The monoisotopic (exact) mass is 989 g/mol. The maximum Gasteiger partial charge on any atom is 0.406 e. The van der Waals surface area contributed by atoms with Gasteiger partial charge in [-0.15, -0.1) is 13.2 Å². The van der Waals surface area contributed by atoms with Crippen molar-refractivity contribution in [3.63, 3.8) is 0 Å². The van der Waals surface area contributed by atoms with Gasteiger partial charge < -0.3 is 63.3 Å². The van der Waals surface area contributed by atoms with Gasteiger partial charge in [-0.05, 0) is 123 Å². The van der Waals surface area contributed by atoms with Crippen molar-refractivity contribution >= 4 is 18.3 Å². The van der Waals surface area contributed by atoms with Crippen LogP contribution in [0.5, 0.6) is 0 Å². The summed E-state index contributed by atoms with van der Waals surface area (Å²) in [6, 6.07) is 0. The number of alkyl carbamates (subject to hydrolysis) is 1. The predicted octanol–water partition coefficient (Wildman–Crippen LogP) is 6.37. The van der Waals surface area contributed by atoms with Gasteiger partial charge in [-0.3, -0.25) is 4.99 Å². The number of aliphatic imine (C=N–C) groups is 1. The fraction of sp³-hybridized carbons (Fsp3) is 0.759. The third-order valence-electron chi connectivity index (χ3n) is 14.1. The molecule has 0 radical (unpaired) electrons. The molecule has 0 bridgehead atoms. The van der Waals surface area contributed by atoms with Gasteiger partial charge in [-0.25, -0.2) is 9.59 Å². The molecule has 0 heterocycles. The molecule has 4 N–H and O–H groups in total. The van der Waals surface area contributed by atoms with Crippen LogP contribution < -0.4 is 5.32 Å². The number of rotatable bonds is 38.